The van der Waals surface area contributed by atoms with Gasteiger partial charge >= 0.3 is 6.18 Å². The Hall–Kier alpha value is -1.37. The fourth-order valence-corrected chi connectivity index (χ4v) is 5.90. The molecule has 202 valence electrons. The molecule has 1 aromatic heterocycles. The number of benzene rings is 1. The number of fused-ring (bicyclic) bond motifs is 1. The van der Waals surface area contributed by atoms with Crippen LogP contribution in [0, 0.1) is 0 Å². The van der Waals surface area contributed by atoms with Crippen molar-refractivity contribution in [2.45, 2.75) is 24.7 Å². The van der Waals surface area contributed by atoms with Crippen LogP contribution in [0.25, 0.3) is 10.9 Å². The number of carbonyl (C=O) groups is 1. The normalized spacial score (nSPS) is 22.6. The lowest BCUT2D eigenvalue weighted by molar-refractivity contribution is -0.141. The van der Waals surface area contributed by atoms with Gasteiger partial charge in [0.25, 0.3) is 0 Å². The smallest absolute Gasteiger partial charge is 0.433 e. The second-order valence-corrected chi connectivity index (χ2v) is 9.78. The highest BCUT2D eigenvalue weighted by Crippen LogP contribution is 2.37. The van der Waals surface area contributed by atoms with Crippen molar-refractivity contribution < 1.29 is 23.1 Å². The van der Waals surface area contributed by atoms with Crippen molar-refractivity contribution in [1.29, 1.82) is 0 Å². The van der Waals surface area contributed by atoms with Gasteiger partial charge in [-0.3, -0.25) is 9.69 Å². The molecule has 1 amide bonds. The number of alkyl halides is 3. The van der Waals surface area contributed by atoms with Gasteiger partial charge in [-0.2, -0.15) is 13.2 Å². The minimum Gasteiger partial charge on any atom is -0.506 e. The van der Waals surface area contributed by atoms with Crippen molar-refractivity contribution in [3.05, 3.63) is 30.0 Å². The molecule has 3 aliphatic rings. The zero-order chi connectivity index (χ0) is 23.2. The molecule has 2 aromatic rings. The van der Waals surface area contributed by atoms with Crippen LogP contribution < -0.4 is 10.2 Å². The summed E-state index contributed by atoms with van der Waals surface area (Å²) in [6.45, 7) is 4.05. The lowest BCUT2D eigenvalue weighted by Gasteiger charge is -2.39. The number of hydrogen-bond acceptors (Lipinski definition) is 7. The average Bonchev–Trinajstić information content (AvgIpc) is 3.51. The maximum atomic E-state index is 13.5. The van der Waals surface area contributed by atoms with E-state index in [9.17, 15) is 23.1 Å². The third-order valence-electron chi connectivity index (χ3n) is 6.73. The van der Waals surface area contributed by atoms with E-state index in [-0.39, 0.29) is 66.5 Å². The predicted octanol–water partition coefficient (Wildman–Crippen LogP) is 3.61. The van der Waals surface area contributed by atoms with Crippen LogP contribution in [0.4, 0.5) is 18.9 Å². The Morgan fingerprint density at radius 1 is 1.11 bits per heavy atom. The number of anilines is 1. The molecular weight excluding hydrogens is 562 g/mol. The van der Waals surface area contributed by atoms with Gasteiger partial charge in [0.15, 0.2) is 0 Å². The molecule has 1 aromatic carbocycles. The Bertz CT molecular complexity index is 1050. The van der Waals surface area contributed by atoms with Crippen molar-refractivity contribution in [3.8, 4) is 5.75 Å². The van der Waals surface area contributed by atoms with Crippen LogP contribution in [0.5, 0.6) is 5.75 Å². The van der Waals surface area contributed by atoms with E-state index in [2.05, 4.69) is 15.2 Å². The van der Waals surface area contributed by atoms with Crippen LogP contribution in [-0.4, -0.2) is 88.8 Å². The van der Waals surface area contributed by atoms with Crippen molar-refractivity contribution >= 4 is 71.5 Å². The Kier molecular flexibility index (Phi) is 10.7. The van der Waals surface area contributed by atoms with Crippen LogP contribution in [0.3, 0.4) is 0 Å². The molecule has 0 spiro atoms. The van der Waals surface area contributed by atoms with Crippen LogP contribution in [-0.2, 0) is 11.0 Å². The molecule has 2 N–H and O–H groups in total. The van der Waals surface area contributed by atoms with Crippen molar-refractivity contribution in [1.82, 2.24) is 20.1 Å². The molecule has 3 aliphatic heterocycles. The van der Waals surface area contributed by atoms with E-state index in [0.717, 1.165) is 37.2 Å². The number of aromatic hydroxyl groups is 1. The van der Waals surface area contributed by atoms with Crippen LogP contribution in [0.1, 0.15) is 12.1 Å². The number of nitrogens with zero attached hydrogens (tertiary/aromatic N) is 4. The third kappa shape index (κ3) is 6.19. The zero-order valence-corrected chi connectivity index (χ0v) is 22.5. The number of thioether (sulfide) groups is 1. The van der Waals surface area contributed by atoms with Gasteiger partial charge in [0.1, 0.15) is 17.0 Å². The quantitative estimate of drug-likeness (QED) is 0.566. The Morgan fingerprint density at radius 2 is 1.83 bits per heavy atom. The molecule has 3 fully saturated rings. The monoisotopic (exact) mass is 589 g/mol. The van der Waals surface area contributed by atoms with Gasteiger partial charge in [-0.05, 0) is 18.6 Å². The summed E-state index contributed by atoms with van der Waals surface area (Å²) in [6, 6.07) is 5.82. The molecule has 0 aliphatic carbocycles. The van der Waals surface area contributed by atoms with Gasteiger partial charge in [-0.15, -0.1) is 49.0 Å². The average molecular weight is 591 g/mol. The van der Waals surface area contributed by atoms with E-state index < -0.39 is 11.9 Å². The van der Waals surface area contributed by atoms with Gasteiger partial charge in [0, 0.05) is 62.1 Å². The van der Waals surface area contributed by atoms with Crippen LogP contribution >= 0.6 is 49.0 Å². The highest BCUT2D eigenvalue weighted by molar-refractivity contribution is 7.99. The second kappa shape index (κ2) is 12.4. The molecule has 36 heavy (non-hydrogen) atoms. The number of carbonyl (C=O) groups excluding carboxylic acids is 1. The predicted molar refractivity (Wildman–Crippen MR) is 143 cm³/mol. The molecule has 0 unspecified atom stereocenters. The van der Waals surface area contributed by atoms with Crippen molar-refractivity contribution in [2.75, 3.05) is 55.8 Å². The van der Waals surface area contributed by atoms with Crippen LogP contribution in [0.15, 0.2) is 24.3 Å². The van der Waals surface area contributed by atoms with E-state index in [0.29, 0.717) is 37.3 Å². The molecule has 0 radical (unpaired) electrons. The van der Waals surface area contributed by atoms with E-state index in [1.807, 2.05) is 9.80 Å². The number of aromatic nitrogens is 1. The summed E-state index contributed by atoms with van der Waals surface area (Å²) in [5.41, 5.74) is -0.603. The van der Waals surface area contributed by atoms with Gasteiger partial charge in [-0.1, -0.05) is 12.1 Å². The van der Waals surface area contributed by atoms with Gasteiger partial charge in [0.2, 0.25) is 5.91 Å². The SMILES string of the molecule is Cl.Cl.Cl.O=C([C@@H]1C[C@H](N2CCN(c3cc(C(F)(F)F)nc4c(O)cccc34)CC2)CN1)N1CCSC1. The Balaban J connectivity index is 0.00000152. The van der Waals surface area contributed by atoms with E-state index >= 15 is 0 Å². The zero-order valence-electron chi connectivity index (χ0n) is 19.2. The maximum Gasteiger partial charge on any atom is 0.433 e. The first-order valence-corrected chi connectivity index (χ1v) is 12.3. The summed E-state index contributed by atoms with van der Waals surface area (Å²) in [7, 11) is 0. The number of halogens is 6. The lowest BCUT2D eigenvalue weighted by atomic mass is 10.1. The summed E-state index contributed by atoms with van der Waals surface area (Å²) in [5, 5.41) is 14.0. The molecule has 7 nitrogen and oxygen atoms in total. The highest BCUT2D eigenvalue weighted by atomic mass is 35.5. The summed E-state index contributed by atoms with van der Waals surface area (Å²) < 4.78 is 40.4. The number of phenolic OH excluding ortho intramolecular Hbond substituents is 1. The molecule has 0 bridgehead atoms. The number of rotatable bonds is 3. The summed E-state index contributed by atoms with van der Waals surface area (Å²) >= 11 is 1.77. The molecule has 5 rings (SSSR count). The van der Waals surface area contributed by atoms with Gasteiger partial charge in [0.05, 0.1) is 11.9 Å². The highest BCUT2D eigenvalue weighted by Gasteiger charge is 2.38. The van der Waals surface area contributed by atoms with Crippen molar-refractivity contribution in [3.63, 3.8) is 0 Å². The Labute approximate surface area is 230 Å². The first-order chi connectivity index (χ1) is 15.8. The minimum atomic E-state index is -4.60. The Morgan fingerprint density at radius 3 is 2.47 bits per heavy atom. The maximum absolute atomic E-state index is 13.5. The number of amides is 1. The van der Waals surface area contributed by atoms with E-state index in [1.165, 1.54) is 6.07 Å². The van der Waals surface area contributed by atoms with E-state index in [1.54, 1.807) is 23.9 Å². The summed E-state index contributed by atoms with van der Waals surface area (Å²) in [6.07, 6.45) is -3.85. The molecule has 4 heterocycles. The molecule has 3 saturated heterocycles. The third-order valence-corrected chi connectivity index (χ3v) is 7.69. The largest absolute Gasteiger partial charge is 0.506 e. The number of pyridine rings is 1. The van der Waals surface area contributed by atoms with Crippen molar-refractivity contribution in [2.24, 2.45) is 0 Å². The molecule has 2 atom stereocenters. The number of phenols is 1. The minimum absolute atomic E-state index is 0. The molecule has 0 saturated carbocycles. The number of piperazine rings is 1. The van der Waals surface area contributed by atoms with Gasteiger partial charge < -0.3 is 20.2 Å². The topological polar surface area (TPSA) is 71.9 Å². The second-order valence-electron chi connectivity index (χ2n) is 8.71. The molecule has 14 heteroatoms. The fourth-order valence-electron chi connectivity index (χ4n) is 4.94. The fraction of sp³-hybridized carbons (Fsp3) is 0.545. The van der Waals surface area contributed by atoms with E-state index in [4.69, 9.17) is 0 Å². The van der Waals surface area contributed by atoms with Crippen LogP contribution in [0.2, 0.25) is 0 Å². The summed E-state index contributed by atoms with van der Waals surface area (Å²) in [4.78, 5) is 22.5. The number of para-hydroxylation sites is 1. The first-order valence-electron chi connectivity index (χ1n) is 11.1. The van der Waals surface area contributed by atoms with Gasteiger partial charge in [-0.25, -0.2) is 4.98 Å². The molecular formula is C22H29Cl3F3N5O2S. The standard InChI is InChI=1S/C22H26F3N5O2S.3ClH/c23-22(24,25)19-11-17(15-2-1-3-18(31)20(15)27-19)29-6-4-28(5-7-29)14-10-16(26-12-14)21(32)30-8-9-33-13-30;;;/h1-3,11,14,16,26,31H,4-10,12-13H2;3*1H/t14-,16-;;;/m0.../s1. The summed E-state index contributed by atoms with van der Waals surface area (Å²) in [5.74, 6) is 1.66. The lowest BCUT2D eigenvalue weighted by Crippen LogP contribution is -2.51. The number of nitrogens with one attached hydrogen (secondary N) is 1. The first kappa shape index (κ1) is 30.9. The number of hydrogen-bond donors (Lipinski definition) is 2.